The molecular weight excluding hydrogens is 546 g/mol. The molecule has 0 bridgehead atoms. The van der Waals surface area contributed by atoms with Crippen molar-refractivity contribution in [1.82, 2.24) is 9.13 Å². The monoisotopic (exact) mass is 575 g/mol. The first-order valence-corrected chi connectivity index (χ1v) is 14.5. The Morgan fingerprint density at radius 1 is 1.05 bits per heavy atom. The minimum absolute atomic E-state index is 0.193. The summed E-state index contributed by atoms with van der Waals surface area (Å²) in [7, 11) is 1.60. The van der Waals surface area contributed by atoms with Crippen LogP contribution in [0.15, 0.2) is 113 Å². The van der Waals surface area contributed by atoms with Crippen LogP contribution in [0.3, 0.4) is 0 Å². The van der Waals surface area contributed by atoms with Crippen LogP contribution >= 0.6 is 11.3 Å². The van der Waals surface area contributed by atoms with Crippen molar-refractivity contribution in [2.45, 2.75) is 19.5 Å². The number of fused-ring (bicyclic) bond motifs is 2. The summed E-state index contributed by atoms with van der Waals surface area (Å²) in [6.07, 6.45) is 5.79. The molecule has 3 heterocycles. The fourth-order valence-electron chi connectivity index (χ4n) is 5.36. The largest absolute Gasteiger partial charge is 0.497 e. The molecule has 1 aliphatic heterocycles. The third-order valence-corrected chi connectivity index (χ3v) is 8.22. The zero-order valence-corrected chi connectivity index (χ0v) is 24.1. The lowest BCUT2D eigenvalue weighted by atomic mass is 9.93. The van der Waals surface area contributed by atoms with Gasteiger partial charge in [-0.15, -0.1) is 6.58 Å². The molecule has 2 aromatic heterocycles. The van der Waals surface area contributed by atoms with E-state index in [0.29, 0.717) is 32.9 Å². The highest BCUT2D eigenvalue weighted by molar-refractivity contribution is 7.07. The number of rotatable bonds is 8. The van der Waals surface area contributed by atoms with Gasteiger partial charge in [-0.05, 0) is 36.8 Å². The highest BCUT2D eigenvalue weighted by Gasteiger charge is 2.35. The van der Waals surface area contributed by atoms with Gasteiger partial charge in [0.15, 0.2) is 4.80 Å². The summed E-state index contributed by atoms with van der Waals surface area (Å²) >= 11 is 1.31. The van der Waals surface area contributed by atoms with Crippen LogP contribution in [0.5, 0.6) is 5.75 Å². The number of thiazole rings is 1. The van der Waals surface area contributed by atoms with E-state index in [1.54, 1.807) is 18.6 Å². The van der Waals surface area contributed by atoms with Crippen LogP contribution in [0.25, 0.3) is 22.7 Å². The number of carbonyl (C=O) groups is 1. The minimum Gasteiger partial charge on any atom is -0.497 e. The number of ether oxygens (including phenoxy) is 2. The summed E-state index contributed by atoms with van der Waals surface area (Å²) in [5, 5.41) is 1.04. The van der Waals surface area contributed by atoms with Gasteiger partial charge in [-0.25, -0.2) is 9.79 Å². The maximum Gasteiger partial charge on any atom is 0.338 e. The second-order valence-corrected chi connectivity index (χ2v) is 10.8. The molecule has 3 aromatic carbocycles. The summed E-state index contributed by atoms with van der Waals surface area (Å²) < 4.78 is 15.2. The summed E-state index contributed by atoms with van der Waals surface area (Å²) in [5.74, 6) is 0.162. The zero-order chi connectivity index (χ0) is 29.2. The summed E-state index contributed by atoms with van der Waals surface area (Å²) in [6.45, 7) is 6.49. The molecule has 5 aromatic rings. The Labute approximate surface area is 246 Å². The first-order chi connectivity index (χ1) is 20.5. The normalized spacial score (nSPS) is 14.9. The van der Waals surface area contributed by atoms with Gasteiger partial charge in [0.1, 0.15) is 5.75 Å². The average Bonchev–Trinajstić information content (AvgIpc) is 3.53. The number of hydrogen-bond donors (Lipinski definition) is 0. The Bertz CT molecular complexity index is 2020. The number of carbonyl (C=O) groups excluding carboxylic acids is 1. The molecule has 0 amide bonds. The van der Waals surface area contributed by atoms with E-state index >= 15 is 0 Å². The van der Waals surface area contributed by atoms with Gasteiger partial charge >= 0.3 is 5.97 Å². The van der Waals surface area contributed by atoms with Crippen molar-refractivity contribution in [3.63, 3.8) is 0 Å². The third-order valence-electron chi connectivity index (χ3n) is 7.24. The van der Waals surface area contributed by atoms with Crippen LogP contribution in [-0.4, -0.2) is 28.8 Å². The van der Waals surface area contributed by atoms with E-state index in [-0.39, 0.29) is 12.2 Å². The van der Waals surface area contributed by atoms with Crippen LogP contribution in [0.1, 0.15) is 29.7 Å². The van der Waals surface area contributed by atoms with Crippen molar-refractivity contribution >= 4 is 40.0 Å². The lowest BCUT2D eigenvalue weighted by molar-refractivity contribution is -0.138. The average molecular weight is 576 g/mol. The molecule has 0 saturated heterocycles. The molecule has 210 valence electrons. The fraction of sp³-hybridized carbons (Fsp3) is 0.147. The molecule has 6 rings (SSSR count). The second kappa shape index (κ2) is 11.5. The van der Waals surface area contributed by atoms with Crippen molar-refractivity contribution in [2.24, 2.45) is 4.99 Å². The predicted octanol–water partition coefficient (Wildman–Crippen LogP) is 5.08. The SMILES string of the molecule is C=CCn1cc(C=c2sc3n(c2=O)C(c2ccc(OC)cc2)C(C(=O)OCC)=C(c2ccccc2)N=3)c2ccccc21. The van der Waals surface area contributed by atoms with E-state index in [1.807, 2.05) is 91.1 Å². The Balaban J connectivity index is 1.64. The molecule has 0 N–H and O–H groups in total. The molecule has 1 unspecified atom stereocenters. The number of hydrogen-bond acceptors (Lipinski definition) is 6. The molecule has 8 heteroatoms. The minimum atomic E-state index is -0.745. The summed E-state index contributed by atoms with van der Waals surface area (Å²) in [6, 6.07) is 24.3. The molecule has 0 aliphatic carbocycles. The van der Waals surface area contributed by atoms with E-state index in [2.05, 4.69) is 17.2 Å². The number of aromatic nitrogens is 2. The van der Waals surface area contributed by atoms with Crippen LogP contribution < -0.4 is 19.6 Å². The lowest BCUT2D eigenvalue weighted by Gasteiger charge is -2.26. The lowest BCUT2D eigenvalue weighted by Crippen LogP contribution is -2.40. The smallest absolute Gasteiger partial charge is 0.338 e. The highest BCUT2D eigenvalue weighted by Crippen LogP contribution is 2.35. The highest BCUT2D eigenvalue weighted by atomic mass is 32.1. The number of allylic oxidation sites excluding steroid dienone is 1. The van der Waals surface area contributed by atoms with Gasteiger partial charge in [0.25, 0.3) is 5.56 Å². The van der Waals surface area contributed by atoms with E-state index in [1.165, 1.54) is 11.3 Å². The number of methoxy groups -OCH3 is 1. The van der Waals surface area contributed by atoms with Crippen molar-refractivity contribution in [3.05, 3.63) is 140 Å². The Morgan fingerprint density at radius 2 is 1.79 bits per heavy atom. The number of esters is 1. The molecule has 0 fully saturated rings. The summed E-state index contributed by atoms with van der Waals surface area (Å²) in [5.41, 5.74) is 4.07. The predicted molar refractivity (Wildman–Crippen MR) is 166 cm³/mol. The first kappa shape index (κ1) is 27.2. The standard InChI is InChI=1S/C34H29N3O4S/c1-4-19-36-21-24(26-13-9-10-14-27(26)36)20-28-32(38)37-31(23-15-17-25(40-3)18-16-23)29(33(39)41-5-2)30(35-34(37)42-28)22-11-7-6-8-12-22/h4,6-18,20-21,31H,1,5,19H2,2-3H3. The van der Waals surface area contributed by atoms with Gasteiger partial charge in [-0.1, -0.05) is 78.1 Å². The van der Waals surface area contributed by atoms with Crippen LogP contribution in [-0.2, 0) is 16.1 Å². The second-order valence-electron chi connectivity index (χ2n) is 9.75. The van der Waals surface area contributed by atoms with Gasteiger partial charge in [0.05, 0.1) is 35.6 Å². The molecule has 7 nitrogen and oxygen atoms in total. The van der Waals surface area contributed by atoms with Gasteiger partial charge < -0.3 is 14.0 Å². The van der Waals surface area contributed by atoms with E-state index < -0.39 is 12.0 Å². The molecule has 0 radical (unpaired) electrons. The molecule has 0 spiro atoms. The van der Waals surface area contributed by atoms with Gasteiger partial charge in [0, 0.05) is 34.8 Å². The van der Waals surface area contributed by atoms with Crippen LogP contribution in [0.4, 0.5) is 0 Å². The van der Waals surface area contributed by atoms with Crippen molar-refractivity contribution in [3.8, 4) is 5.75 Å². The maximum absolute atomic E-state index is 14.2. The quantitative estimate of drug-likeness (QED) is 0.191. The summed E-state index contributed by atoms with van der Waals surface area (Å²) in [4.78, 5) is 33.3. The van der Waals surface area contributed by atoms with Gasteiger partial charge in [-0.3, -0.25) is 9.36 Å². The topological polar surface area (TPSA) is 74.8 Å². The molecule has 1 atom stereocenters. The van der Waals surface area contributed by atoms with Crippen LogP contribution in [0, 0.1) is 0 Å². The Kier molecular flexibility index (Phi) is 7.46. The number of benzene rings is 3. The van der Waals surface area contributed by atoms with Crippen molar-refractivity contribution in [2.75, 3.05) is 13.7 Å². The van der Waals surface area contributed by atoms with E-state index in [0.717, 1.165) is 27.6 Å². The molecule has 0 saturated carbocycles. The van der Waals surface area contributed by atoms with E-state index in [4.69, 9.17) is 14.5 Å². The molecular formula is C34H29N3O4S. The van der Waals surface area contributed by atoms with Gasteiger partial charge in [0.2, 0.25) is 0 Å². The third kappa shape index (κ3) is 4.80. The van der Waals surface area contributed by atoms with Crippen molar-refractivity contribution in [1.29, 1.82) is 0 Å². The Hall–Kier alpha value is -4.95. The van der Waals surface area contributed by atoms with E-state index in [9.17, 15) is 9.59 Å². The Morgan fingerprint density at radius 3 is 2.50 bits per heavy atom. The number of nitrogens with zero attached hydrogens (tertiary/aromatic N) is 3. The van der Waals surface area contributed by atoms with Gasteiger partial charge in [-0.2, -0.15) is 0 Å². The fourth-order valence-corrected chi connectivity index (χ4v) is 6.36. The first-order valence-electron chi connectivity index (χ1n) is 13.6. The van der Waals surface area contributed by atoms with Crippen molar-refractivity contribution < 1.29 is 14.3 Å². The van der Waals surface area contributed by atoms with Crippen LogP contribution in [0.2, 0.25) is 0 Å². The molecule has 1 aliphatic rings. The molecule has 42 heavy (non-hydrogen) atoms. The zero-order valence-electron chi connectivity index (χ0n) is 23.3. The number of para-hydroxylation sites is 1. The maximum atomic E-state index is 14.2.